The summed E-state index contributed by atoms with van der Waals surface area (Å²) in [5.74, 6) is 0.703. The van der Waals surface area contributed by atoms with Gasteiger partial charge in [-0.3, -0.25) is 4.79 Å². The number of hydrogen-bond donors (Lipinski definition) is 1. The number of methoxy groups -OCH3 is 1. The smallest absolute Gasteiger partial charge is 0.316 e. The first-order valence-electron chi connectivity index (χ1n) is 8.35. The minimum atomic E-state index is -0.394. The lowest BCUT2D eigenvalue weighted by Gasteiger charge is -2.17. The lowest BCUT2D eigenvalue weighted by Crippen LogP contribution is -2.19. The van der Waals surface area contributed by atoms with Crippen molar-refractivity contribution in [1.29, 1.82) is 0 Å². The zero-order valence-corrected chi connectivity index (χ0v) is 16.3. The van der Waals surface area contributed by atoms with E-state index in [2.05, 4.69) is 39.2 Å². The molecule has 0 aliphatic carbocycles. The molecule has 1 heterocycles. The summed E-state index contributed by atoms with van der Waals surface area (Å²) in [5.41, 5.74) is 2.77. The largest absolute Gasteiger partial charge is 0.490 e. The second-order valence-electron chi connectivity index (χ2n) is 5.83. The summed E-state index contributed by atoms with van der Waals surface area (Å²) >= 11 is 3.50. The summed E-state index contributed by atoms with van der Waals surface area (Å²) in [5, 5.41) is 3.31. The Balaban J connectivity index is 2.02. The molecule has 0 spiro atoms. The Morgan fingerprint density at radius 2 is 1.96 bits per heavy atom. The third-order valence-electron chi connectivity index (χ3n) is 4.07. The van der Waals surface area contributed by atoms with Crippen LogP contribution < -0.4 is 15.6 Å². The molecule has 134 valence electrons. The zero-order chi connectivity index (χ0) is 18.5. The molecule has 0 saturated heterocycles. The van der Waals surface area contributed by atoms with Crippen molar-refractivity contribution in [3.8, 4) is 5.75 Å². The van der Waals surface area contributed by atoms with Crippen molar-refractivity contribution in [2.75, 3.05) is 12.4 Å². The van der Waals surface area contributed by atoms with Gasteiger partial charge in [0.1, 0.15) is 0 Å². The number of hydrogen-bond acceptors (Lipinski definition) is 4. The van der Waals surface area contributed by atoms with Crippen LogP contribution >= 0.6 is 15.9 Å². The van der Waals surface area contributed by atoms with Gasteiger partial charge in [-0.15, -0.1) is 0 Å². The zero-order valence-electron chi connectivity index (χ0n) is 14.7. The van der Waals surface area contributed by atoms with Crippen molar-refractivity contribution in [2.24, 2.45) is 0 Å². The number of nitrogens with one attached hydrogen (secondary N) is 1. The Bertz CT molecular complexity index is 955. The third-order valence-corrected chi connectivity index (χ3v) is 4.57. The number of anilines is 2. The number of rotatable bonds is 6. The van der Waals surface area contributed by atoms with Gasteiger partial charge in [0.05, 0.1) is 19.9 Å². The number of halogens is 1. The molecule has 0 aliphatic rings. The first-order chi connectivity index (χ1) is 12.6. The maximum Gasteiger partial charge on any atom is 0.316 e. The second-order valence-corrected chi connectivity index (χ2v) is 6.75. The molecule has 2 aromatic carbocycles. The summed E-state index contributed by atoms with van der Waals surface area (Å²) in [6.07, 6.45) is 2.55. The van der Waals surface area contributed by atoms with E-state index in [1.54, 1.807) is 6.20 Å². The van der Waals surface area contributed by atoms with Gasteiger partial charge in [-0.05, 0) is 35.7 Å². The topological polar surface area (TPSA) is 56.1 Å². The Kier molecular flexibility index (Phi) is 5.73. The molecule has 0 unspecified atom stereocenters. The number of benzene rings is 2. The Morgan fingerprint density at radius 1 is 1.19 bits per heavy atom. The minimum absolute atomic E-state index is 0.220. The highest BCUT2D eigenvalue weighted by molar-refractivity contribution is 9.10. The van der Waals surface area contributed by atoms with Gasteiger partial charge in [-0.25, -0.2) is 0 Å². The number of ether oxygens (including phenoxy) is 1. The Hall–Kier alpha value is -2.60. The van der Waals surface area contributed by atoms with Crippen LogP contribution in [0, 0.1) is 0 Å². The van der Waals surface area contributed by atoms with E-state index in [4.69, 9.17) is 4.74 Å². The van der Waals surface area contributed by atoms with Crippen LogP contribution in [0.3, 0.4) is 0 Å². The first-order valence-corrected chi connectivity index (χ1v) is 9.15. The lowest BCUT2D eigenvalue weighted by atomic mass is 10.1. The van der Waals surface area contributed by atoms with Gasteiger partial charge in [0.15, 0.2) is 0 Å². The Morgan fingerprint density at radius 3 is 2.65 bits per heavy atom. The monoisotopic (exact) mass is 413 g/mol. The van der Waals surface area contributed by atoms with Gasteiger partial charge in [0.2, 0.25) is 11.7 Å². The molecule has 0 fully saturated rings. The van der Waals surface area contributed by atoms with E-state index in [0.29, 0.717) is 12.5 Å². The van der Waals surface area contributed by atoms with Crippen LogP contribution in [0.5, 0.6) is 5.75 Å². The maximum absolute atomic E-state index is 12.2. The molecule has 1 aromatic heterocycles. The van der Waals surface area contributed by atoms with Crippen molar-refractivity contribution < 1.29 is 4.74 Å². The normalized spacial score (nSPS) is 10.6. The van der Waals surface area contributed by atoms with Gasteiger partial charge in [-0.1, -0.05) is 53.2 Å². The molecular weight excluding hydrogens is 394 g/mol. The first kappa shape index (κ1) is 18.2. The van der Waals surface area contributed by atoms with Crippen LogP contribution in [-0.2, 0) is 13.0 Å². The van der Waals surface area contributed by atoms with E-state index in [9.17, 15) is 4.79 Å². The summed E-state index contributed by atoms with van der Waals surface area (Å²) in [6.45, 7) is 2.66. The summed E-state index contributed by atoms with van der Waals surface area (Å²) in [6, 6.07) is 16.0. The Labute approximate surface area is 160 Å². The van der Waals surface area contributed by atoms with Gasteiger partial charge in [0, 0.05) is 10.2 Å². The van der Waals surface area contributed by atoms with E-state index in [0.717, 1.165) is 27.7 Å². The highest BCUT2D eigenvalue weighted by atomic mass is 79.9. The number of nitrogens with zero attached hydrogens (tertiary/aromatic N) is 2. The predicted molar refractivity (Wildman–Crippen MR) is 107 cm³/mol. The molecule has 0 amide bonds. The van der Waals surface area contributed by atoms with Crippen molar-refractivity contribution >= 4 is 27.6 Å². The molecule has 0 bridgehead atoms. The third kappa shape index (κ3) is 4.14. The molecule has 3 rings (SSSR count). The van der Waals surface area contributed by atoms with Crippen molar-refractivity contribution in [1.82, 2.24) is 9.55 Å². The average Bonchev–Trinajstić information content (AvgIpc) is 2.66. The summed E-state index contributed by atoms with van der Waals surface area (Å²) in [7, 11) is 1.47. The molecule has 0 aliphatic heterocycles. The predicted octanol–water partition coefficient (Wildman–Crippen LogP) is 4.37. The van der Waals surface area contributed by atoms with Gasteiger partial charge in [-0.2, -0.15) is 4.98 Å². The van der Waals surface area contributed by atoms with E-state index in [1.807, 2.05) is 47.0 Å². The minimum Gasteiger partial charge on any atom is -0.490 e. The average molecular weight is 414 g/mol. The van der Waals surface area contributed by atoms with Crippen LogP contribution in [0.15, 0.2) is 64.0 Å². The van der Waals surface area contributed by atoms with Crippen LogP contribution in [0.25, 0.3) is 0 Å². The van der Waals surface area contributed by atoms with Gasteiger partial charge in [0.25, 0.3) is 0 Å². The van der Waals surface area contributed by atoms with E-state index in [-0.39, 0.29) is 5.75 Å². The van der Waals surface area contributed by atoms with Crippen molar-refractivity contribution in [2.45, 2.75) is 19.9 Å². The fraction of sp³-hybridized carbons (Fsp3) is 0.200. The van der Waals surface area contributed by atoms with Crippen molar-refractivity contribution in [3.63, 3.8) is 0 Å². The van der Waals surface area contributed by atoms with Crippen LogP contribution in [-0.4, -0.2) is 16.7 Å². The van der Waals surface area contributed by atoms with E-state index >= 15 is 0 Å². The SMILES string of the molecule is CCc1cc(Br)ccc1Nc1nc(=O)c(OC)cn1Cc1ccccc1. The maximum atomic E-state index is 12.2. The highest BCUT2D eigenvalue weighted by Gasteiger charge is 2.11. The molecule has 3 aromatic rings. The summed E-state index contributed by atoms with van der Waals surface area (Å²) in [4.78, 5) is 16.4. The fourth-order valence-electron chi connectivity index (χ4n) is 2.71. The van der Waals surface area contributed by atoms with E-state index in [1.165, 1.54) is 7.11 Å². The quantitative estimate of drug-likeness (QED) is 0.651. The molecule has 6 heteroatoms. The standard InChI is InChI=1S/C20H20BrN3O2/c1-3-15-11-16(21)9-10-17(15)22-20-23-19(25)18(26-2)13-24(20)12-14-7-5-4-6-8-14/h4-11,13H,3,12H2,1-2H3,(H,22,23,25). The summed E-state index contributed by atoms with van der Waals surface area (Å²) < 4.78 is 8.06. The number of aryl methyl sites for hydroxylation is 1. The highest BCUT2D eigenvalue weighted by Crippen LogP contribution is 2.25. The molecule has 0 saturated carbocycles. The lowest BCUT2D eigenvalue weighted by molar-refractivity contribution is 0.402. The molecule has 1 N–H and O–H groups in total. The van der Waals surface area contributed by atoms with E-state index < -0.39 is 5.56 Å². The van der Waals surface area contributed by atoms with Crippen LogP contribution in [0.1, 0.15) is 18.1 Å². The fourth-order valence-corrected chi connectivity index (χ4v) is 3.12. The van der Waals surface area contributed by atoms with Crippen LogP contribution in [0.4, 0.5) is 11.6 Å². The molecule has 26 heavy (non-hydrogen) atoms. The molecule has 0 radical (unpaired) electrons. The van der Waals surface area contributed by atoms with Crippen molar-refractivity contribution in [3.05, 3.63) is 80.7 Å². The van der Waals surface area contributed by atoms with Gasteiger partial charge < -0.3 is 14.6 Å². The number of aromatic nitrogens is 2. The molecule has 0 atom stereocenters. The van der Waals surface area contributed by atoms with Gasteiger partial charge >= 0.3 is 5.56 Å². The second kappa shape index (κ2) is 8.19. The molecule has 5 nitrogen and oxygen atoms in total. The van der Waals surface area contributed by atoms with Crippen LogP contribution in [0.2, 0.25) is 0 Å². The molecular formula is C20H20BrN3O2.